The average Bonchev–Trinajstić information content (AvgIpc) is 2.86. The molecule has 1 unspecified atom stereocenters. The van der Waals surface area contributed by atoms with Crippen LogP contribution in [0.25, 0.3) is 0 Å². The largest absolute Gasteiger partial charge is 0.481 e. The maximum absolute atomic E-state index is 13.6. The van der Waals surface area contributed by atoms with Crippen LogP contribution in [-0.4, -0.2) is 34.4 Å². The molecule has 2 atom stereocenters. The predicted molar refractivity (Wildman–Crippen MR) is 129 cm³/mol. The number of rotatable bonds is 11. The smallest absolute Gasteiger partial charge is 0.334 e. The normalized spacial score (nSPS) is 17.0. The molecule has 7 heteroatoms. The maximum atomic E-state index is 13.6. The molecule has 1 fully saturated rings. The molecular weight excluding hydrogens is 432 g/mol. The van der Waals surface area contributed by atoms with Crippen molar-refractivity contribution in [2.45, 2.75) is 69.1 Å². The van der Waals surface area contributed by atoms with Gasteiger partial charge < -0.3 is 21.3 Å². The first-order valence-electron chi connectivity index (χ1n) is 11.9. The second kappa shape index (κ2) is 11.9. The van der Waals surface area contributed by atoms with Crippen molar-refractivity contribution in [1.82, 2.24) is 0 Å². The number of carbonyl (C=O) groups is 3. The van der Waals surface area contributed by atoms with E-state index in [1.54, 1.807) is 0 Å². The fourth-order valence-corrected chi connectivity index (χ4v) is 4.64. The van der Waals surface area contributed by atoms with Crippen molar-refractivity contribution in [2.24, 2.45) is 17.4 Å². The predicted octanol–water partition coefficient (Wildman–Crippen LogP) is 3.75. The number of ketones is 1. The zero-order valence-electron chi connectivity index (χ0n) is 19.4. The number of Topliss-reactive ketones (excluding diaryl/α,β-unsaturated/α-hetero) is 1. The highest BCUT2D eigenvalue weighted by atomic mass is 16.5. The highest BCUT2D eigenvalue weighted by Crippen LogP contribution is 2.32. The second-order valence-electron chi connectivity index (χ2n) is 9.19. The summed E-state index contributed by atoms with van der Waals surface area (Å²) in [7, 11) is 0. The fourth-order valence-electron chi connectivity index (χ4n) is 4.64. The Morgan fingerprint density at radius 1 is 0.941 bits per heavy atom. The zero-order chi connectivity index (χ0) is 24.6. The molecule has 0 amide bonds. The minimum Gasteiger partial charge on any atom is -0.481 e. The van der Waals surface area contributed by atoms with Crippen molar-refractivity contribution >= 4 is 17.7 Å². The lowest BCUT2D eigenvalue weighted by atomic mass is 9.79. The molecule has 0 spiro atoms. The molecule has 34 heavy (non-hydrogen) atoms. The van der Waals surface area contributed by atoms with Gasteiger partial charge in [0.2, 0.25) is 0 Å². The molecule has 1 saturated carbocycles. The third-order valence-electron chi connectivity index (χ3n) is 6.64. The van der Waals surface area contributed by atoms with Gasteiger partial charge in [-0.05, 0) is 29.9 Å². The van der Waals surface area contributed by atoms with Gasteiger partial charge in [0, 0.05) is 0 Å². The van der Waals surface area contributed by atoms with Gasteiger partial charge in [-0.1, -0.05) is 92.8 Å². The van der Waals surface area contributed by atoms with Gasteiger partial charge in [-0.3, -0.25) is 9.59 Å². The quantitative estimate of drug-likeness (QED) is 0.339. The SMILES string of the molecule is N[C@@H](CC(=O)O)C(=O)C(N)(CCC1CCCCC1)C(=O)OC(c1ccccc1)c1ccccc1. The Morgan fingerprint density at radius 2 is 1.47 bits per heavy atom. The number of aliphatic carboxylic acids is 1. The first-order valence-corrected chi connectivity index (χ1v) is 11.9. The van der Waals surface area contributed by atoms with E-state index in [4.69, 9.17) is 21.3 Å². The molecule has 1 aliphatic rings. The van der Waals surface area contributed by atoms with Crippen LogP contribution in [0.4, 0.5) is 0 Å². The van der Waals surface area contributed by atoms with E-state index in [1.807, 2.05) is 60.7 Å². The van der Waals surface area contributed by atoms with E-state index in [9.17, 15) is 14.4 Å². The summed E-state index contributed by atoms with van der Waals surface area (Å²) in [5.74, 6) is -2.54. The van der Waals surface area contributed by atoms with E-state index < -0.39 is 41.8 Å². The first kappa shape index (κ1) is 25.6. The summed E-state index contributed by atoms with van der Waals surface area (Å²) in [6.45, 7) is 0. The minimum absolute atomic E-state index is 0.0684. The van der Waals surface area contributed by atoms with Gasteiger partial charge in [-0.25, -0.2) is 4.79 Å². The molecule has 2 aromatic carbocycles. The molecule has 7 nitrogen and oxygen atoms in total. The number of hydrogen-bond donors (Lipinski definition) is 3. The van der Waals surface area contributed by atoms with E-state index >= 15 is 0 Å². The van der Waals surface area contributed by atoms with Crippen LogP contribution in [0.3, 0.4) is 0 Å². The molecular formula is C27H34N2O5. The molecule has 0 bridgehead atoms. The highest BCUT2D eigenvalue weighted by molar-refractivity contribution is 6.11. The molecule has 3 rings (SSSR count). The Labute approximate surface area is 200 Å². The molecule has 0 aliphatic heterocycles. The summed E-state index contributed by atoms with van der Waals surface area (Å²) < 4.78 is 5.92. The van der Waals surface area contributed by atoms with Gasteiger partial charge in [-0.15, -0.1) is 0 Å². The summed E-state index contributed by atoms with van der Waals surface area (Å²) in [6.07, 6.45) is 4.74. The van der Waals surface area contributed by atoms with Gasteiger partial charge in [0.25, 0.3) is 0 Å². The highest BCUT2D eigenvalue weighted by Gasteiger charge is 2.47. The lowest BCUT2D eigenvalue weighted by molar-refractivity contribution is -0.159. The zero-order valence-corrected chi connectivity index (χ0v) is 19.4. The Kier molecular flexibility index (Phi) is 8.96. The molecule has 0 saturated heterocycles. The van der Waals surface area contributed by atoms with Crippen molar-refractivity contribution in [1.29, 1.82) is 0 Å². The minimum atomic E-state index is -2.02. The lowest BCUT2D eigenvalue weighted by Crippen LogP contribution is -2.61. The lowest BCUT2D eigenvalue weighted by Gasteiger charge is -2.32. The van der Waals surface area contributed by atoms with E-state index in [-0.39, 0.29) is 6.42 Å². The van der Waals surface area contributed by atoms with Gasteiger partial charge >= 0.3 is 11.9 Å². The van der Waals surface area contributed by atoms with Crippen molar-refractivity contribution in [2.75, 3.05) is 0 Å². The number of esters is 1. The number of carboxylic acid groups (broad SMARTS) is 1. The number of carbonyl (C=O) groups excluding carboxylic acids is 2. The van der Waals surface area contributed by atoms with Crippen LogP contribution in [0.15, 0.2) is 60.7 Å². The van der Waals surface area contributed by atoms with Crippen LogP contribution < -0.4 is 11.5 Å². The van der Waals surface area contributed by atoms with Crippen molar-refractivity contribution in [3.8, 4) is 0 Å². The van der Waals surface area contributed by atoms with Crippen LogP contribution in [0.5, 0.6) is 0 Å². The Hall–Kier alpha value is -3.03. The third-order valence-corrected chi connectivity index (χ3v) is 6.64. The molecule has 5 N–H and O–H groups in total. The average molecular weight is 467 g/mol. The molecule has 182 valence electrons. The number of benzene rings is 2. The van der Waals surface area contributed by atoms with Gasteiger partial charge in [0.15, 0.2) is 17.4 Å². The van der Waals surface area contributed by atoms with E-state index in [1.165, 1.54) is 6.42 Å². The van der Waals surface area contributed by atoms with Crippen molar-refractivity contribution in [3.05, 3.63) is 71.8 Å². The monoisotopic (exact) mass is 466 g/mol. The molecule has 2 aromatic rings. The second-order valence-corrected chi connectivity index (χ2v) is 9.19. The van der Waals surface area contributed by atoms with E-state index in [0.717, 1.165) is 36.8 Å². The summed E-state index contributed by atoms with van der Waals surface area (Å²) in [6, 6.07) is 17.0. The van der Waals surface area contributed by atoms with Crippen LogP contribution in [0.1, 0.15) is 68.6 Å². The van der Waals surface area contributed by atoms with Crippen molar-refractivity contribution < 1.29 is 24.2 Å². The Morgan fingerprint density at radius 3 is 1.97 bits per heavy atom. The first-order chi connectivity index (χ1) is 16.3. The van der Waals surface area contributed by atoms with Crippen LogP contribution >= 0.6 is 0 Å². The third kappa shape index (κ3) is 6.52. The van der Waals surface area contributed by atoms with Gasteiger partial charge in [0.05, 0.1) is 12.5 Å². The topological polar surface area (TPSA) is 133 Å². The summed E-state index contributed by atoms with van der Waals surface area (Å²) in [5.41, 5.74) is 11.8. The van der Waals surface area contributed by atoms with E-state index in [2.05, 4.69) is 0 Å². The number of ether oxygens (including phenoxy) is 1. The standard InChI is InChI=1S/C27H34N2O5/c28-22(18-23(30)31)25(32)27(29,17-16-19-10-4-1-5-11-19)26(33)34-24(20-12-6-2-7-13-20)21-14-8-3-9-15-21/h2-3,6-9,12-15,19,22,24H,1,4-5,10-11,16-18,28-29H2,(H,30,31)/t22-,27?/m0/s1. The molecule has 0 radical (unpaired) electrons. The van der Waals surface area contributed by atoms with Crippen LogP contribution in [-0.2, 0) is 19.1 Å². The van der Waals surface area contributed by atoms with Crippen molar-refractivity contribution in [3.63, 3.8) is 0 Å². The fraction of sp³-hybridized carbons (Fsp3) is 0.444. The number of carboxylic acids is 1. The Balaban J connectivity index is 1.88. The molecule has 0 aromatic heterocycles. The summed E-state index contributed by atoms with van der Waals surface area (Å²) in [4.78, 5) is 38.0. The summed E-state index contributed by atoms with van der Waals surface area (Å²) >= 11 is 0. The van der Waals surface area contributed by atoms with E-state index in [0.29, 0.717) is 12.3 Å². The maximum Gasteiger partial charge on any atom is 0.334 e. The number of nitrogens with two attached hydrogens (primary N) is 2. The Bertz CT molecular complexity index is 920. The van der Waals surface area contributed by atoms with Crippen LogP contribution in [0, 0.1) is 5.92 Å². The number of hydrogen-bond acceptors (Lipinski definition) is 6. The molecule has 0 heterocycles. The van der Waals surface area contributed by atoms with Gasteiger partial charge in [0.1, 0.15) is 0 Å². The van der Waals surface area contributed by atoms with Gasteiger partial charge in [-0.2, -0.15) is 0 Å². The summed E-state index contributed by atoms with van der Waals surface area (Å²) in [5, 5.41) is 9.12. The van der Waals surface area contributed by atoms with Crippen LogP contribution in [0.2, 0.25) is 0 Å². The molecule has 1 aliphatic carbocycles.